The minimum absolute atomic E-state index is 0.0974. The number of aromatic nitrogens is 4. The lowest BCUT2D eigenvalue weighted by molar-refractivity contribution is 0.0929. The number of fused-ring (bicyclic) bond motifs is 1. The molecular weight excluding hydrogens is 362 g/mol. The molecule has 3 amide bonds. The zero-order valence-electron chi connectivity index (χ0n) is 15.6. The van der Waals surface area contributed by atoms with Crippen LogP contribution in [0.4, 0.5) is 10.7 Å². The van der Waals surface area contributed by atoms with E-state index in [-0.39, 0.29) is 17.5 Å². The zero-order chi connectivity index (χ0) is 19.9. The maximum absolute atomic E-state index is 12.7. The number of anilines is 1. The Morgan fingerprint density at radius 2 is 2.07 bits per heavy atom. The quantitative estimate of drug-likeness (QED) is 0.529. The molecule has 10 nitrogen and oxygen atoms in total. The summed E-state index contributed by atoms with van der Waals surface area (Å²) in [6.07, 6.45) is 3.37. The molecule has 28 heavy (non-hydrogen) atoms. The highest BCUT2D eigenvalue weighted by atomic mass is 16.5. The molecule has 0 saturated heterocycles. The number of pyridine rings is 2. The Bertz CT molecular complexity index is 972. The average molecular weight is 383 g/mol. The van der Waals surface area contributed by atoms with Crippen molar-refractivity contribution in [2.45, 2.75) is 6.92 Å². The van der Waals surface area contributed by atoms with Gasteiger partial charge in [-0.2, -0.15) is 4.98 Å². The van der Waals surface area contributed by atoms with Crippen LogP contribution in [0.1, 0.15) is 17.4 Å². The molecule has 0 spiro atoms. The summed E-state index contributed by atoms with van der Waals surface area (Å²) < 4.78 is 6.36. The van der Waals surface area contributed by atoms with Crippen molar-refractivity contribution in [3.63, 3.8) is 0 Å². The van der Waals surface area contributed by atoms with Gasteiger partial charge in [0.25, 0.3) is 11.9 Å². The lowest BCUT2D eigenvalue weighted by atomic mass is 10.1. The Hall–Kier alpha value is -3.53. The molecule has 0 atom stereocenters. The first kappa shape index (κ1) is 19.2. The Morgan fingerprint density at radius 3 is 2.79 bits per heavy atom. The monoisotopic (exact) mass is 383 g/mol. The number of amides is 3. The number of nitrogens with zero attached hydrogens (tertiary/aromatic N) is 4. The fourth-order valence-corrected chi connectivity index (χ4v) is 2.56. The normalized spacial score (nSPS) is 10.6. The predicted molar refractivity (Wildman–Crippen MR) is 103 cm³/mol. The van der Waals surface area contributed by atoms with E-state index in [0.29, 0.717) is 25.3 Å². The first-order valence-electron chi connectivity index (χ1n) is 8.75. The number of nitrogens with one attached hydrogen (secondary N) is 3. The van der Waals surface area contributed by atoms with Crippen molar-refractivity contribution in [1.82, 2.24) is 30.2 Å². The minimum Gasteiger partial charge on any atom is -0.383 e. The van der Waals surface area contributed by atoms with E-state index < -0.39 is 6.03 Å². The summed E-state index contributed by atoms with van der Waals surface area (Å²) in [6, 6.07) is 6.76. The van der Waals surface area contributed by atoms with E-state index in [2.05, 4.69) is 31.0 Å². The van der Waals surface area contributed by atoms with Gasteiger partial charge in [-0.1, -0.05) is 6.07 Å². The van der Waals surface area contributed by atoms with Gasteiger partial charge in [0.1, 0.15) is 5.69 Å². The van der Waals surface area contributed by atoms with Crippen LogP contribution in [0.5, 0.6) is 0 Å². The highest BCUT2D eigenvalue weighted by Crippen LogP contribution is 2.22. The summed E-state index contributed by atoms with van der Waals surface area (Å²) in [5, 5.41) is 12.2. The van der Waals surface area contributed by atoms with Crippen LogP contribution in [-0.2, 0) is 4.74 Å². The van der Waals surface area contributed by atoms with Gasteiger partial charge in [0.2, 0.25) is 0 Å². The van der Waals surface area contributed by atoms with E-state index in [4.69, 9.17) is 4.74 Å². The smallest absolute Gasteiger partial charge is 0.321 e. The van der Waals surface area contributed by atoms with Gasteiger partial charge in [-0.05, 0) is 30.7 Å². The van der Waals surface area contributed by atoms with Gasteiger partial charge in [-0.15, -0.1) is 5.10 Å². The average Bonchev–Trinajstić information content (AvgIpc) is 3.10. The molecule has 10 heteroatoms. The second kappa shape index (κ2) is 8.91. The molecule has 0 bridgehead atoms. The molecule has 0 aliphatic rings. The van der Waals surface area contributed by atoms with Crippen LogP contribution in [0.3, 0.4) is 0 Å². The van der Waals surface area contributed by atoms with E-state index in [9.17, 15) is 9.59 Å². The van der Waals surface area contributed by atoms with Crippen molar-refractivity contribution in [2.75, 3.05) is 32.1 Å². The molecular formula is C18H21N7O3. The summed E-state index contributed by atoms with van der Waals surface area (Å²) in [5.74, 6) is -0.234. The molecule has 0 radical (unpaired) electrons. The lowest BCUT2D eigenvalue weighted by Crippen LogP contribution is -2.29. The molecule has 0 fully saturated rings. The molecule has 0 unspecified atom stereocenters. The van der Waals surface area contributed by atoms with E-state index >= 15 is 0 Å². The lowest BCUT2D eigenvalue weighted by Gasteiger charge is -2.08. The molecule has 3 aromatic heterocycles. The third-order valence-electron chi connectivity index (χ3n) is 3.82. The van der Waals surface area contributed by atoms with Gasteiger partial charge < -0.3 is 15.4 Å². The number of rotatable bonds is 7. The molecule has 3 heterocycles. The van der Waals surface area contributed by atoms with Crippen molar-refractivity contribution in [3.05, 3.63) is 42.4 Å². The third-order valence-corrected chi connectivity index (χ3v) is 3.82. The fraction of sp³-hybridized carbons (Fsp3) is 0.278. The van der Waals surface area contributed by atoms with Gasteiger partial charge in [-0.3, -0.25) is 15.1 Å². The number of ether oxygens (including phenoxy) is 1. The minimum atomic E-state index is -0.419. The molecule has 0 aromatic carbocycles. The van der Waals surface area contributed by atoms with Crippen molar-refractivity contribution in [3.8, 4) is 11.1 Å². The molecule has 146 valence electrons. The van der Waals surface area contributed by atoms with Gasteiger partial charge in [0.15, 0.2) is 5.65 Å². The van der Waals surface area contributed by atoms with Crippen LogP contribution >= 0.6 is 0 Å². The van der Waals surface area contributed by atoms with E-state index in [1.54, 1.807) is 38.6 Å². The van der Waals surface area contributed by atoms with Gasteiger partial charge >= 0.3 is 6.03 Å². The van der Waals surface area contributed by atoms with Crippen LogP contribution in [0.15, 0.2) is 36.7 Å². The second-order valence-corrected chi connectivity index (χ2v) is 5.81. The number of carbonyl (C=O) groups is 2. The Morgan fingerprint density at radius 1 is 1.21 bits per heavy atom. The molecule has 3 N–H and O–H groups in total. The summed E-state index contributed by atoms with van der Waals surface area (Å²) in [5.41, 5.74) is 2.29. The van der Waals surface area contributed by atoms with E-state index in [1.165, 1.54) is 4.52 Å². The Kier molecular flexibility index (Phi) is 6.12. The van der Waals surface area contributed by atoms with Crippen molar-refractivity contribution in [2.24, 2.45) is 0 Å². The summed E-state index contributed by atoms with van der Waals surface area (Å²) in [7, 11) is 1.56. The van der Waals surface area contributed by atoms with Gasteiger partial charge in [0, 0.05) is 38.2 Å². The largest absolute Gasteiger partial charge is 0.383 e. The van der Waals surface area contributed by atoms with Crippen LogP contribution in [-0.4, -0.2) is 58.3 Å². The number of hydrogen-bond donors (Lipinski definition) is 3. The SMILES string of the molecule is CCNC(=O)Nc1nc2cc(-c3cccnc3)cc(C(=O)NCCOC)n2n1. The topological polar surface area (TPSA) is 123 Å². The first-order chi connectivity index (χ1) is 13.6. The van der Waals surface area contributed by atoms with E-state index in [0.717, 1.165) is 11.1 Å². The second-order valence-electron chi connectivity index (χ2n) is 5.81. The number of hydrogen-bond acceptors (Lipinski definition) is 6. The highest BCUT2D eigenvalue weighted by Gasteiger charge is 2.17. The van der Waals surface area contributed by atoms with Crippen molar-refractivity contribution < 1.29 is 14.3 Å². The van der Waals surface area contributed by atoms with E-state index in [1.807, 2.05) is 12.1 Å². The summed E-state index contributed by atoms with van der Waals surface area (Å²) >= 11 is 0. The Labute approximate surface area is 161 Å². The van der Waals surface area contributed by atoms with Crippen LogP contribution in [0.2, 0.25) is 0 Å². The molecule has 0 aliphatic carbocycles. The fourth-order valence-electron chi connectivity index (χ4n) is 2.56. The first-order valence-corrected chi connectivity index (χ1v) is 8.75. The Balaban J connectivity index is 2.02. The van der Waals surface area contributed by atoms with Gasteiger partial charge in [0.05, 0.1) is 6.61 Å². The summed E-state index contributed by atoms with van der Waals surface area (Å²) in [6.45, 7) is 3.02. The maximum Gasteiger partial charge on any atom is 0.321 e. The zero-order valence-corrected chi connectivity index (χ0v) is 15.6. The van der Waals surface area contributed by atoms with Crippen molar-refractivity contribution in [1.29, 1.82) is 0 Å². The number of urea groups is 1. The molecule has 0 saturated carbocycles. The molecule has 3 aromatic rings. The maximum atomic E-state index is 12.7. The van der Waals surface area contributed by atoms with Crippen LogP contribution in [0.25, 0.3) is 16.8 Å². The standard InChI is InChI=1S/C18H21N7O3/c1-3-20-18(27)23-17-22-15-10-13(12-5-4-6-19-11-12)9-14(25(15)24-17)16(26)21-7-8-28-2/h4-6,9-11H,3,7-8H2,1-2H3,(H,21,26)(H2,20,23,24,27). The van der Waals surface area contributed by atoms with Crippen molar-refractivity contribution >= 4 is 23.5 Å². The van der Waals surface area contributed by atoms with Crippen LogP contribution in [0, 0.1) is 0 Å². The highest BCUT2D eigenvalue weighted by molar-refractivity contribution is 5.95. The number of carbonyl (C=O) groups excluding carboxylic acids is 2. The van der Waals surface area contributed by atoms with Crippen LogP contribution < -0.4 is 16.0 Å². The third kappa shape index (κ3) is 4.41. The number of methoxy groups -OCH3 is 1. The summed E-state index contributed by atoms with van der Waals surface area (Å²) in [4.78, 5) is 32.9. The molecule has 0 aliphatic heterocycles. The molecule has 3 rings (SSSR count). The predicted octanol–water partition coefficient (Wildman–Crippen LogP) is 1.31. The van der Waals surface area contributed by atoms with Gasteiger partial charge in [-0.25, -0.2) is 9.31 Å².